The Morgan fingerprint density at radius 3 is 1.31 bits per heavy atom. The molecule has 0 aliphatic carbocycles. The fourth-order valence-electron chi connectivity index (χ4n) is 5.36. The van der Waals surface area contributed by atoms with Gasteiger partial charge in [-0.2, -0.15) is 0 Å². The summed E-state index contributed by atoms with van der Waals surface area (Å²) in [5, 5.41) is 0. The molecule has 0 atom stereocenters. The molecule has 13 nitrogen and oxygen atoms in total. The Bertz CT molecular complexity index is 2430. The summed E-state index contributed by atoms with van der Waals surface area (Å²) in [6.45, 7) is 20.4. The van der Waals surface area contributed by atoms with Crippen molar-refractivity contribution in [3.8, 4) is 11.4 Å². The molecular weight excluding hydrogens is 771 g/mol. The van der Waals surface area contributed by atoms with Crippen molar-refractivity contribution in [2.75, 3.05) is 0 Å². The highest BCUT2D eigenvalue weighted by atomic mass is 15.1. The predicted octanol–water partition coefficient (Wildman–Crippen LogP) is 9.96. The molecule has 0 saturated heterocycles. The first-order valence-electron chi connectivity index (χ1n) is 20.6. The van der Waals surface area contributed by atoms with Gasteiger partial charge in [0.05, 0.1) is 54.4 Å². The zero-order valence-electron chi connectivity index (χ0n) is 39.2. The normalized spacial score (nSPS) is 9.92. The number of hydrogen-bond donors (Lipinski definition) is 0. The Kier molecular flexibility index (Phi) is 20.3. The molecule has 0 N–H and O–H groups in total. The van der Waals surface area contributed by atoms with Gasteiger partial charge >= 0.3 is 0 Å². The summed E-state index contributed by atoms with van der Waals surface area (Å²) in [5.41, 5.74) is 10.3. The lowest BCUT2D eigenvalue weighted by atomic mass is 10.3. The molecule has 0 unspecified atom stereocenters. The van der Waals surface area contributed by atoms with E-state index in [-0.39, 0.29) is 0 Å². The molecule has 0 aliphatic rings. The summed E-state index contributed by atoms with van der Waals surface area (Å²) in [4.78, 5) is 24.4. The topological polar surface area (TPSA) is 112 Å². The van der Waals surface area contributed by atoms with E-state index in [1.165, 1.54) is 11.4 Å². The molecule has 0 saturated carbocycles. The molecular formula is C49H67N13. The van der Waals surface area contributed by atoms with Gasteiger partial charge in [-0.15, -0.1) is 0 Å². The molecule has 13 heteroatoms. The van der Waals surface area contributed by atoms with E-state index in [4.69, 9.17) is 0 Å². The van der Waals surface area contributed by atoms with Crippen molar-refractivity contribution in [2.24, 2.45) is 28.2 Å². The van der Waals surface area contributed by atoms with Crippen LogP contribution in [0.3, 0.4) is 0 Å². The van der Waals surface area contributed by atoms with Crippen LogP contribution in [-0.2, 0) is 28.2 Å². The monoisotopic (exact) mass is 838 g/mol. The van der Waals surface area contributed by atoms with Crippen LogP contribution in [-0.4, -0.2) is 61.9 Å². The van der Waals surface area contributed by atoms with Crippen LogP contribution in [0.25, 0.3) is 11.4 Å². The zero-order chi connectivity index (χ0) is 45.6. The van der Waals surface area contributed by atoms with E-state index in [0.29, 0.717) is 6.04 Å². The largest absolute Gasteiger partial charge is 0.355 e. The van der Waals surface area contributed by atoms with Crippen LogP contribution in [0.2, 0.25) is 0 Å². The van der Waals surface area contributed by atoms with Gasteiger partial charge in [-0.3, -0.25) is 0 Å². The highest BCUT2D eigenvalue weighted by molar-refractivity contribution is 5.33. The predicted molar refractivity (Wildman–Crippen MR) is 253 cm³/mol. The molecule has 7 heterocycles. The van der Waals surface area contributed by atoms with Crippen molar-refractivity contribution in [1.29, 1.82) is 0 Å². The molecule has 0 aliphatic heterocycles. The van der Waals surface area contributed by atoms with Gasteiger partial charge in [-0.1, -0.05) is 36.4 Å². The number of rotatable bonds is 3. The van der Waals surface area contributed by atoms with Crippen LogP contribution in [0.4, 0.5) is 0 Å². The van der Waals surface area contributed by atoms with E-state index < -0.39 is 0 Å². The maximum absolute atomic E-state index is 4.17. The van der Waals surface area contributed by atoms with Crippen molar-refractivity contribution in [3.63, 3.8) is 0 Å². The van der Waals surface area contributed by atoms with Crippen molar-refractivity contribution >= 4 is 0 Å². The highest BCUT2D eigenvalue weighted by Crippen LogP contribution is 2.09. The smallest absolute Gasteiger partial charge is 0.105 e. The lowest BCUT2D eigenvalue weighted by molar-refractivity contribution is 0.599. The lowest BCUT2D eigenvalue weighted by Crippen LogP contribution is -1.95. The van der Waals surface area contributed by atoms with Crippen molar-refractivity contribution in [1.82, 2.24) is 61.9 Å². The molecule has 328 valence electrons. The first-order chi connectivity index (χ1) is 29.5. The minimum absolute atomic E-state index is 0.534. The van der Waals surface area contributed by atoms with Crippen LogP contribution < -0.4 is 0 Å². The SMILES string of the molecule is Cc1cccn1C.Cc1cn(-c2ccccc2)cn1.Cc1cn(C(C)C)cn1.Cc1cn(C)c(C)n1.Cc1cn(C)cn1.Cc1cncn1-c1ccccc1.Cc1cncn1C. The molecule has 9 aromatic rings. The van der Waals surface area contributed by atoms with Crippen molar-refractivity contribution in [3.05, 3.63) is 193 Å². The average molecular weight is 838 g/mol. The van der Waals surface area contributed by atoms with Gasteiger partial charge in [-0.05, 0) is 106 Å². The standard InChI is InChI=1S/2C10H10N2.C7H12N2.C6H10N2.C6H9N.2C5H8N2/c1-9-7-12(8-11-9)10-5-3-2-4-6-10;1-9-7-11-8-12(9)10-5-3-2-4-6-10;1-6(2)9-4-7(3)8-5-9;1-5-4-8(3)6(2)7-5;1-6-4-3-5-7(6)2;1-5-3-7(2)4-6-5;1-5-3-6-4-7(5)2/h2*2-8H,1H3;4-6H,1-3H3;4H,1-3H3;3-5H,1-2H3;2*3-4H,1-2H3. The van der Waals surface area contributed by atoms with Crippen molar-refractivity contribution in [2.45, 2.75) is 75.3 Å². The third kappa shape index (κ3) is 17.7. The fourth-order valence-corrected chi connectivity index (χ4v) is 5.36. The molecule has 2 aromatic carbocycles. The van der Waals surface area contributed by atoms with Gasteiger partial charge in [0, 0.05) is 106 Å². The maximum Gasteiger partial charge on any atom is 0.105 e. The fraction of sp³-hybridized carbons (Fsp3) is 0.306. The van der Waals surface area contributed by atoms with Crippen molar-refractivity contribution < 1.29 is 0 Å². The lowest BCUT2D eigenvalue weighted by Gasteiger charge is -2.02. The second-order valence-corrected chi connectivity index (χ2v) is 15.2. The summed E-state index contributed by atoms with van der Waals surface area (Å²) in [7, 11) is 7.97. The Labute approximate surface area is 369 Å². The number of hydrogen-bond acceptors (Lipinski definition) is 6. The second kappa shape index (κ2) is 25.6. The molecule has 0 spiro atoms. The van der Waals surface area contributed by atoms with E-state index in [1.54, 1.807) is 12.7 Å². The van der Waals surface area contributed by atoms with E-state index in [0.717, 1.165) is 45.7 Å². The van der Waals surface area contributed by atoms with Gasteiger partial charge in [0.2, 0.25) is 0 Å². The number of nitrogens with zero attached hydrogens (tertiary/aromatic N) is 13. The van der Waals surface area contributed by atoms with Crippen LogP contribution in [0, 0.1) is 55.4 Å². The average Bonchev–Trinajstić information content (AvgIpc) is 4.15. The number of para-hydroxylation sites is 2. The summed E-state index contributed by atoms with van der Waals surface area (Å²) in [6.07, 6.45) is 22.8. The summed E-state index contributed by atoms with van der Waals surface area (Å²) < 4.78 is 14.1. The molecule has 0 fully saturated rings. The highest BCUT2D eigenvalue weighted by Gasteiger charge is 1.98. The molecule has 9 rings (SSSR count). The Hall–Kier alpha value is -7.02. The third-order valence-electron chi connectivity index (χ3n) is 9.27. The van der Waals surface area contributed by atoms with E-state index in [2.05, 4.69) is 94.7 Å². The van der Waals surface area contributed by atoms with Gasteiger partial charge in [-0.25, -0.2) is 29.9 Å². The summed E-state index contributed by atoms with van der Waals surface area (Å²) in [5.74, 6) is 1.07. The van der Waals surface area contributed by atoms with E-state index in [9.17, 15) is 0 Å². The minimum atomic E-state index is 0.534. The molecule has 0 radical (unpaired) electrons. The summed E-state index contributed by atoms with van der Waals surface area (Å²) in [6, 6.07) is 25.0. The maximum atomic E-state index is 4.17. The first-order valence-corrected chi connectivity index (χ1v) is 20.6. The Balaban J connectivity index is 0.000000195. The van der Waals surface area contributed by atoms with Gasteiger partial charge in [0.1, 0.15) is 5.82 Å². The Morgan fingerprint density at radius 2 is 1.02 bits per heavy atom. The molecule has 7 aromatic heterocycles. The van der Waals surface area contributed by atoms with Gasteiger partial charge in [0.25, 0.3) is 0 Å². The van der Waals surface area contributed by atoms with Crippen LogP contribution in [0.15, 0.2) is 148 Å². The quantitative estimate of drug-likeness (QED) is 0.175. The van der Waals surface area contributed by atoms with E-state index in [1.807, 2.05) is 200 Å². The Morgan fingerprint density at radius 1 is 0.452 bits per heavy atom. The van der Waals surface area contributed by atoms with Crippen LogP contribution >= 0.6 is 0 Å². The van der Waals surface area contributed by atoms with Gasteiger partial charge < -0.3 is 32.0 Å². The van der Waals surface area contributed by atoms with E-state index >= 15 is 0 Å². The zero-order valence-corrected chi connectivity index (χ0v) is 39.2. The summed E-state index contributed by atoms with van der Waals surface area (Å²) >= 11 is 0. The number of aromatic nitrogens is 13. The number of imidazole rings is 6. The second-order valence-electron chi connectivity index (χ2n) is 15.2. The number of benzene rings is 2. The number of aryl methyl sites for hydroxylation is 12. The van der Waals surface area contributed by atoms with Crippen LogP contribution in [0.5, 0.6) is 0 Å². The van der Waals surface area contributed by atoms with Gasteiger partial charge in [0.15, 0.2) is 0 Å². The molecule has 0 amide bonds. The third-order valence-corrected chi connectivity index (χ3v) is 9.27. The first kappa shape index (κ1) is 49.3. The minimum Gasteiger partial charge on any atom is -0.355 e. The molecule has 0 bridgehead atoms. The molecule has 62 heavy (non-hydrogen) atoms. The van der Waals surface area contributed by atoms with Crippen LogP contribution in [0.1, 0.15) is 65.6 Å².